The van der Waals surface area contributed by atoms with Crippen molar-refractivity contribution in [2.75, 3.05) is 6.54 Å². The van der Waals surface area contributed by atoms with Crippen LogP contribution < -0.4 is 5.32 Å². The molecule has 0 atom stereocenters. The molecule has 0 fully saturated rings. The fraction of sp³-hybridized carbons (Fsp3) is 0.467. The van der Waals surface area contributed by atoms with Crippen LogP contribution in [0.2, 0.25) is 0 Å². The number of hydrogen-bond donors (Lipinski definition) is 1. The molecule has 112 valence electrons. The fourth-order valence-electron chi connectivity index (χ4n) is 1.89. The number of carbonyl (C=O) groups excluding carboxylic acids is 1. The summed E-state index contributed by atoms with van der Waals surface area (Å²) in [6.07, 6.45) is 7.48. The molecule has 2 aromatic heterocycles. The summed E-state index contributed by atoms with van der Waals surface area (Å²) in [5, 5.41) is 6.79. The van der Waals surface area contributed by atoms with Crippen molar-refractivity contribution >= 4 is 5.91 Å². The lowest BCUT2D eigenvalue weighted by atomic mass is 10.2. The van der Waals surface area contributed by atoms with Gasteiger partial charge in [0.05, 0.1) is 0 Å². The largest absolute Gasteiger partial charge is 0.356 e. The maximum atomic E-state index is 11.6. The van der Waals surface area contributed by atoms with Crippen molar-refractivity contribution in [3.63, 3.8) is 0 Å². The second-order valence-electron chi connectivity index (χ2n) is 4.80. The van der Waals surface area contributed by atoms with E-state index in [4.69, 9.17) is 4.52 Å². The van der Waals surface area contributed by atoms with Gasteiger partial charge in [0.2, 0.25) is 17.6 Å². The minimum absolute atomic E-state index is 0.0229. The van der Waals surface area contributed by atoms with E-state index in [1.165, 1.54) is 0 Å². The molecule has 0 unspecified atom stereocenters. The van der Waals surface area contributed by atoms with Crippen LogP contribution >= 0.6 is 0 Å². The van der Waals surface area contributed by atoms with Crippen LogP contribution in [0.25, 0.3) is 11.4 Å². The van der Waals surface area contributed by atoms with Crippen molar-refractivity contribution < 1.29 is 9.32 Å². The Bertz CT molecular complexity index is 554. The van der Waals surface area contributed by atoms with E-state index >= 15 is 0 Å². The average molecular weight is 288 g/mol. The van der Waals surface area contributed by atoms with Crippen LogP contribution in [-0.2, 0) is 11.2 Å². The highest BCUT2D eigenvalue weighted by atomic mass is 16.5. The highest BCUT2D eigenvalue weighted by Crippen LogP contribution is 2.14. The Morgan fingerprint density at radius 1 is 1.29 bits per heavy atom. The Kier molecular flexibility index (Phi) is 5.87. The van der Waals surface area contributed by atoms with Crippen LogP contribution in [0.5, 0.6) is 0 Å². The number of hydrogen-bond acceptors (Lipinski definition) is 5. The van der Waals surface area contributed by atoms with Crippen LogP contribution in [0.3, 0.4) is 0 Å². The van der Waals surface area contributed by atoms with Gasteiger partial charge in [-0.3, -0.25) is 9.78 Å². The summed E-state index contributed by atoms with van der Waals surface area (Å²) >= 11 is 0. The quantitative estimate of drug-likeness (QED) is 0.754. The van der Waals surface area contributed by atoms with E-state index in [0.29, 0.717) is 24.6 Å². The van der Waals surface area contributed by atoms with Gasteiger partial charge in [-0.25, -0.2) is 0 Å². The standard InChI is InChI=1S/C15H20N4O2/c1-2-3-4-9-17-13(20)5-6-14-18-15(19-21-14)12-7-10-16-11-8-12/h7-8,10-11H,2-6,9H2,1H3,(H,17,20). The van der Waals surface area contributed by atoms with Crippen LogP contribution in [0.4, 0.5) is 0 Å². The lowest BCUT2D eigenvalue weighted by Crippen LogP contribution is -2.24. The van der Waals surface area contributed by atoms with Crippen molar-refractivity contribution in [3.8, 4) is 11.4 Å². The Labute approximate surface area is 124 Å². The second kappa shape index (κ2) is 8.14. The number of amides is 1. The van der Waals surface area contributed by atoms with E-state index in [1.807, 2.05) is 12.1 Å². The van der Waals surface area contributed by atoms with Gasteiger partial charge in [0.15, 0.2) is 0 Å². The fourth-order valence-corrected chi connectivity index (χ4v) is 1.89. The number of unbranched alkanes of at least 4 members (excludes halogenated alkanes) is 2. The molecule has 1 amide bonds. The van der Waals surface area contributed by atoms with Crippen molar-refractivity contribution in [3.05, 3.63) is 30.4 Å². The summed E-state index contributed by atoms with van der Waals surface area (Å²) in [6.45, 7) is 2.87. The second-order valence-corrected chi connectivity index (χ2v) is 4.80. The smallest absolute Gasteiger partial charge is 0.227 e. The molecule has 6 nitrogen and oxygen atoms in total. The Balaban J connectivity index is 1.77. The maximum Gasteiger partial charge on any atom is 0.227 e. The molecule has 6 heteroatoms. The Morgan fingerprint density at radius 3 is 2.86 bits per heavy atom. The number of pyridine rings is 1. The van der Waals surface area contributed by atoms with E-state index in [0.717, 1.165) is 31.4 Å². The molecule has 0 saturated heterocycles. The highest BCUT2D eigenvalue weighted by Gasteiger charge is 2.10. The van der Waals surface area contributed by atoms with Gasteiger partial charge in [0, 0.05) is 37.3 Å². The molecule has 0 saturated carbocycles. The molecule has 0 aliphatic rings. The zero-order chi connectivity index (χ0) is 14.9. The third-order valence-electron chi connectivity index (χ3n) is 3.08. The van der Waals surface area contributed by atoms with E-state index < -0.39 is 0 Å². The van der Waals surface area contributed by atoms with Gasteiger partial charge in [0.25, 0.3) is 0 Å². The topological polar surface area (TPSA) is 80.9 Å². The summed E-state index contributed by atoms with van der Waals surface area (Å²) < 4.78 is 5.15. The molecule has 1 N–H and O–H groups in total. The van der Waals surface area contributed by atoms with Gasteiger partial charge in [-0.15, -0.1) is 0 Å². The number of nitrogens with one attached hydrogen (secondary N) is 1. The molecule has 0 radical (unpaired) electrons. The monoisotopic (exact) mass is 288 g/mol. The Morgan fingerprint density at radius 2 is 2.10 bits per heavy atom. The molecule has 0 aromatic carbocycles. The minimum atomic E-state index is 0.0229. The molecule has 0 spiro atoms. The number of carbonyl (C=O) groups is 1. The zero-order valence-electron chi connectivity index (χ0n) is 12.2. The van der Waals surface area contributed by atoms with Crippen molar-refractivity contribution in [1.82, 2.24) is 20.4 Å². The summed E-state index contributed by atoms with van der Waals surface area (Å²) in [5.41, 5.74) is 0.851. The highest BCUT2D eigenvalue weighted by molar-refractivity contribution is 5.75. The third kappa shape index (κ3) is 4.98. The third-order valence-corrected chi connectivity index (χ3v) is 3.08. The first-order chi connectivity index (χ1) is 10.3. The zero-order valence-corrected chi connectivity index (χ0v) is 12.2. The molecule has 2 aromatic rings. The van der Waals surface area contributed by atoms with Gasteiger partial charge in [0.1, 0.15) is 0 Å². The van der Waals surface area contributed by atoms with Crippen LogP contribution in [0.15, 0.2) is 29.0 Å². The van der Waals surface area contributed by atoms with Crippen LogP contribution in [-0.4, -0.2) is 27.6 Å². The van der Waals surface area contributed by atoms with Gasteiger partial charge >= 0.3 is 0 Å². The minimum Gasteiger partial charge on any atom is -0.356 e. The molecular weight excluding hydrogens is 268 g/mol. The van der Waals surface area contributed by atoms with Gasteiger partial charge < -0.3 is 9.84 Å². The predicted octanol–water partition coefficient (Wildman–Crippen LogP) is 2.37. The number of aromatic nitrogens is 3. The van der Waals surface area contributed by atoms with E-state index in [2.05, 4.69) is 27.4 Å². The van der Waals surface area contributed by atoms with Crippen molar-refractivity contribution in [2.45, 2.75) is 39.0 Å². The molecule has 0 bridgehead atoms. The molecular formula is C15H20N4O2. The summed E-state index contributed by atoms with van der Waals surface area (Å²) in [5.74, 6) is 1.02. The first-order valence-electron chi connectivity index (χ1n) is 7.29. The predicted molar refractivity (Wildman–Crippen MR) is 78.4 cm³/mol. The van der Waals surface area contributed by atoms with Crippen molar-refractivity contribution in [1.29, 1.82) is 0 Å². The molecule has 0 aliphatic heterocycles. The number of aryl methyl sites for hydroxylation is 1. The van der Waals surface area contributed by atoms with Gasteiger partial charge in [-0.05, 0) is 18.6 Å². The summed E-state index contributed by atoms with van der Waals surface area (Å²) in [7, 11) is 0. The number of nitrogens with zero attached hydrogens (tertiary/aromatic N) is 3. The van der Waals surface area contributed by atoms with Crippen LogP contribution in [0.1, 0.15) is 38.5 Å². The molecule has 2 rings (SSSR count). The normalized spacial score (nSPS) is 10.5. The lowest BCUT2D eigenvalue weighted by Gasteiger charge is -2.02. The molecule has 0 aliphatic carbocycles. The van der Waals surface area contributed by atoms with Crippen LogP contribution in [0, 0.1) is 0 Å². The molecule has 2 heterocycles. The maximum absolute atomic E-state index is 11.6. The number of rotatable bonds is 8. The van der Waals surface area contributed by atoms with Gasteiger partial charge in [-0.2, -0.15) is 4.98 Å². The first kappa shape index (κ1) is 15.2. The lowest BCUT2D eigenvalue weighted by molar-refractivity contribution is -0.121. The first-order valence-corrected chi connectivity index (χ1v) is 7.29. The van der Waals surface area contributed by atoms with E-state index in [9.17, 15) is 4.79 Å². The average Bonchev–Trinajstić information content (AvgIpc) is 2.99. The van der Waals surface area contributed by atoms with E-state index in [-0.39, 0.29) is 5.91 Å². The SMILES string of the molecule is CCCCCNC(=O)CCc1nc(-c2ccncc2)no1. The summed E-state index contributed by atoms with van der Waals surface area (Å²) in [4.78, 5) is 19.9. The Hall–Kier alpha value is -2.24. The van der Waals surface area contributed by atoms with E-state index in [1.54, 1.807) is 12.4 Å². The van der Waals surface area contributed by atoms with Gasteiger partial charge in [-0.1, -0.05) is 24.9 Å². The molecule has 21 heavy (non-hydrogen) atoms. The summed E-state index contributed by atoms with van der Waals surface area (Å²) in [6, 6.07) is 3.63. The van der Waals surface area contributed by atoms with Crippen molar-refractivity contribution in [2.24, 2.45) is 0 Å².